The second kappa shape index (κ2) is 5.29. The van der Waals surface area contributed by atoms with E-state index in [1.165, 1.54) is 5.56 Å². The fraction of sp³-hybridized carbons (Fsp3) is 0.235. The van der Waals surface area contributed by atoms with Gasteiger partial charge in [-0.05, 0) is 37.1 Å². The minimum absolute atomic E-state index is 0.0809. The number of nitrogens with zero attached hydrogens (tertiary/aromatic N) is 1. The van der Waals surface area contributed by atoms with Crippen LogP contribution in [0.1, 0.15) is 12.5 Å². The molecule has 0 fully saturated rings. The Balaban J connectivity index is 2.13. The molecule has 1 aliphatic heterocycles. The minimum atomic E-state index is -0.179. The molecule has 1 heterocycles. The maximum atomic E-state index is 12.8. The Morgan fingerprint density at radius 2 is 1.75 bits per heavy atom. The van der Waals surface area contributed by atoms with Gasteiger partial charge in [0.25, 0.3) is 0 Å². The van der Waals surface area contributed by atoms with Gasteiger partial charge in [-0.2, -0.15) is 0 Å². The molecule has 2 nitrogen and oxygen atoms in total. The third-order valence-corrected chi connectivity index (χ3v) is 4.08. The summed E-state index contributed by atoms with van der Waals surface area (Å²) in [6.07, 6.45) is 0.711. The second-order valence-electron chi connectivity index (χ2n) is 5.13. The summed E-state index contributed by atoms with van der Waals surface area (Å²) in [6, 6.07) is 17.8. The molecule has 1 aliphatic rings. The van der Waals surface area contributed by atoms with Crippen LogP contribution < -0.4 is 4.90 Å². The number of anilines is 2. The number of hydrogen-bond donors (Lipinski definition) is 0. The highest BCUT2D eigenvalue weighted by Gasteiger charge is 2.35. The van der Waals surface area contributed by atoms with Crippen molar-refractivity contribution in [3.05, 3.63) is 60.2 Å². The molecule has 0 aliphatic carbocycles. The highest BCUT2D eigenvalue weighted by Crippen LogP contribution is 2.37. The monoisotopic (exact) mass is 285 g/mol. The van der Waals surface area contributed by atoms with Crippen molar-refractivity contribution in [2.75, 3.05) is 4.90 Å². The summed E-state index contributed by atoms with van der Waals surface area (Å²) >= 11 is 6.22. The highest BCUT2D eigenvalue weighted by molar-refractivity contribution is 6.23. The normalized spacial score (nSPS) is 19.6. The van der Waals surface area contributed by atoms with Crippen LogP contribution in [0.3, 0.4) is 0 Å². The molecule has 2 atom stereocenters. The van der Waals surface area contributed by atoms with E-state index in [0.717, 1.165) is 11.4 Å². The first-order valence-electron chi connectivity index (χ1n) is 6.79. The van der Waals surface area contributed by atoms with Crippen molar-refractivity contribution in [2.24, 2.45) is 5.92 Å². The van der Waals surface area contributed by atoms with Crippen LogP contribution >= 0.6 is 11.6 Å². The van der Waals surface area contributed by atoms with E-state index in [-0.39, 0.29) is 17.2 Å². The number of benzene rings is 2. The first-order valence-corrected chi connectivity index (χ1v) is 7.23. The first kappa shape index (κ1) is 13.2. The summed E-state index contributed by atoms with van der Waals surface area (Å²) in [7, 11) is 0. The van der Waals surface area contributed by atoms with Gasteiger partial charge in [-0.25, -0.2) is 0 Å². The molecular weight excluding hydrogens is 270 g/mol. The van der Waals surface area contributed by atoms with Crippen molar-refractivity contribution in [1.29, 1.82) is 0 Å². The fourth-order valence-corrected chi connectivity index (χ4v) is 2.91. The summed E-state index contributed by atoms with van der Waals surface area (Å²) < 4.78 is 0. The fourth-order valence-electron chi connectivity index (χ4n) is 2.71. The Labute approximate surface area is 124 Å². The molecule has 0 aromatic heterocycles. The molecule has 0 bridgehead atoms. The Hall–Kier alpha value is -1.80. The number of carbonyl (C=O) groups excluding carboxylic acids is 1. The average molecular weight is 286 g/mol. The van der Waals surface area contributed by atoms with Crippen LogP contribution in [0, 0.1) is 5.92 Å². The number of fused-ring (bicyclic) bond motifs is 1. The molecule has 3 rings (SSSR count). The summed E-state index contributed by atoms with van der Waals surface area (Å²) in [5.41, 5.74) is 3.04. The average Bonchev–Trinajstić information content (AvgIpc) is 2.47. The highest BCUT2D eigenvalue weighted by atomic mass is 35.5. The minimum Gasteiger partial charge on any atom is -0.281 e. The van der Waals surface area contributed by atoms with E-state index in [9.17, 15) is 4.79 Å². The lowest BCUT2D eigenvalue weighted by Gasteiger charge is -2.35. The van der Waals surface area contributed by atoms with Gasteiger partial charge in [-0.15, -0.1) is 11.6 Å². The third kappa shape index (κ3) is 2.20. The van der Waals surface area contributed by atoms with Gasteiger partial charge in [-0.1, -0.05) is 36.4 Å². The number of rotatable bonds is 2. The van der Waals surface area contributed by atoms with Gasteiger partial charge in [0, 0.05) is 11.1 Å². The summed E-state index contributed by atoms with van der Waals surface area (Å²) in [5.74, 6) is -0.0934. The van der Waals surface area contributed by atoms with Crippen LogP contribution in [0.5, 0.6) is 0 Å². The van der Waals surface area contributed by atoms with E-state index in [1.54, 1.807) is 4.90 Å². The number of carbonyl (C=O) groups is 1. The molecule has 2 aromatic carbocycles. The number of hydrogen-bond acceptors (Lipinski definition) is 1. The Kier molecular flexibility index (Phi) is 3.49. The zero-order valence-electron chi connectivity index (χ0n) is 11.3. The zero-order chi connectivity index (χ0) is 14.1. The van der Waals surface area contributed by atoms with Crippen LogP contribution in [0.4, 0.5) is 11.4 Å². The van der Waals surface area contributed by atoms with Gasteiger partial charge in [0.05, 0.1) is 11.6 Å². The van der Waals surface area contributed by atoms with E-state index in [4.69, 9.17) is 11.6 Å². The molecule has 3 heteroatoms. The maximum absolute atomic E-state index is 12.8. The third-order valence-electron chi connectivity index (χ3n) is 3.78. The molecule has 2 unspecified atom stereocenters. The summed E-state index contributed by atoms with van der Waals surface area (Å²) in [4.78, 5) is 14.6. The molecular formula is C17H16ClNO. The first-order chi connectivity index (χ1) is 9.68. The van der Waals surface area contributed by atoms with Crippen molar-refractivity contribution in [1.82, 2.24) is 0 Å². The number of halogens is 1. The van der Waals surface area contributed by atoms with Gasteiger partial charge in [0.15, 0.2) is 0 Å². The maximum Gasteiger partial charge on any atom is 0.236 e. The SMILES string of the molecule is CC(Cl)C1Cc2ccccc2N(c2ccccc2)C1=O. The second-order valence-corrected chi connectivity index (χ2v) is 5.81. The van der Waals surface area contributed by atoms with Gasteiger partial charge in [0.1, 0.15) is 0 Å². The van der Waals surface area contributed by atoms with Crippen LogP contribution in [0.15, 0.2) is 54.6 Å². The van der Waals surface area contributed by atoms with Gasteiger partial charge >= 0.3 is 0 Å². The molecule has 0 saturated heterocycles. The van der Waals surface area contributed by atoms with Crippen molar-refractivity contribution >= 4 is 28.9 Å². The Morgan fingerprint density at radius 3 is 2.45 bits per heavy atom. The molecule has 102 valence electrons. The van der Waals surface area contributed by atoms with Gasteiger partial charge in [-0.3, -0.25) is 9.69 Å². The topological polar surface area (TPSA) is 20.3 Å². The van der Waals surface area contributed by atoms with Gasteiger partial charge in [0.2, 0.25) is 5.91 Å². The number of para-hydroxylation sites is 2. The quantitative estimate of drug-likeness (QED) is 0.759. The molecule has 2 aromatic rings. The van der Waals surface area contributed by atoms with Crippen LogP contribution in [0.25, 0.3) is 0 Å². The lowest BCUT2D eigenvalue weighted by molar-refractivity contribution is -0.122. The van der Waals surface area contributed by atoms with Crippen molar-refractivity contribution in [3.8, 4) is 0 Å². The predicted molar refractivity (Wildman–Crippen MR) is 82.5 cm³/mol. The van der Waals surface area contributed by atoms with E-state index < -0.39 is 0 Å². The largest absolute Gasteiger partial charge is 0.281 e. The van der Waals surface area contributed by atoms with Crippen LogP contribution in [-0.4, -0.2) is 11.3 Å². The van der Waals surface area contributed by atoms with E-state index >= 15 is 0 Å². The molecule has 0 saturated carbocycles. The van der Waals surface area contributed by atoms with Crippen molar-refractivity contribution in [3.63, 3.8) is 0 Å². The van der Waals surface area contributed by atoms with E-state index in [2.05, 4.69) is 6.07 Å². The molecule has 0 radical (unpaired) electrons. The van der Waals surface area contributed by atoms with E-state index in [0.29, 0.717) is 6.42 Å². The smallest absolute Gasteiger partial charge is 0.236 e. The lowest BCUT2D eigenvalue weighted by atomic mass is 9.89. The number of alkyl halides is 1. The Bertz CT molecular complexity index is 624. The molecule has 20 heavy (non-hydrogen) atoms. The van der Waals surface area contributed by atoms with Crippen LogP contribution in [-0.2, 0) is 11.2 Å². The number of amides is 1. The van der Waals surface area contributed by atoms with Gasteiger partial charge < -0.3 is 0 Å². The molecule has 0 N–H and O–H groups in total. The van der Waals surface area contributed by atoms with Crippen LogP contribution in [0.2, 0.25) is 0 Å². The van der Waals surface area contributed by atoms with Crippen molar-refractivity contribution < 1.29 is 4.79 Å². The molecule has 1 amide bonds. The summed E-state index contributed by atoms with van der Waals surface area (Å²) in [6.45, 7) is 1.89. The standard InChI is InChI=1S/C17H16ClNO/c1-12(18)15-11-13-7-5-6-10-16(13)19(17(15)20)14-8-3-2-4-9-14/h2-10,12,15H,11H2,1H3. The molecule has 0 spiro atoms. The Morgan fingerprint density at radius 1 is 1.10 bits per heavy atom. The predicted octanol–water partition coefficient (Wildman–Crippen LogP) is 4.15. The zero-order valence-corrected chi connectivity index (χ0v) is 12.0. The van der Waals surface area contributed by atoms with Crippen molar-refractivity contribution in [2.45, 2.75) is 18.7 Å². The summed E-state index contributed by atoms with van der Waals surface area (Å²) in [5, 5.41) is -0.179. The lowest BCUT2D eigenvalue weighted by Crippen LogP contribution is -2.41. The van der Waals surface area contributed by atoms with E-state index in [1.807, 2.05) is 55.5 Å².